The molecule has 1 aromatic rings. The number of nitrogens with one attached hydrogen (secondary N) is 1. The van der Waals surface area contributed by atoms with E-state index in [1.807, 2.05) is 6.07 Å². The fraction of sp³-hybridized carbons (Fsp3) is 0.500. The Balaban J connectivity index is 2.96. The molecule has 0 saturated carbocycles. The van der Waals surface area contributed by atoms with E-state index >= 15 is 0 Å². The minimum atomic E-state index is -0.373. The number of nitrogens with two attached hydrogens (primary N) is 1. The highest BCUT2D eigenvalue weighted by Gasteiger charge is 2.20. The maximum absolute atomic E-state index is 11.4. The molecule has 18 heavy (non-hydrogen) atoms. The molecule has 100 valence electrons. The van der Waals surface area contributed by atoms with Crippen LogP contribution in [0.4, 0.5) is 11.4 Å². The van der Waals surface area contributed by atoms with E-state index in [9.17, 15) is 4.79 Å². The van der Waals surface area contributed by atoms with Crippen molar-refractivity contribution in [2.75, 3.05) is 18.2 Å². The molecule has 0 saturated heterocycles. The number of methoxy groups -OCH3 is 1. The number of rotatable bonds is 5. The van der Waals surface area contributed by atoms with Crippen molar-refractivity contribution < 1.29 is 9.53 Å². The molecule has 0 unspecified atom stereocenters. The van der Waals surface area contributed by atoms with Crippen LogP contribution in [-0.2, 0) is 4.74 Å². The van der Waals surface area contributed by atoms with Gasteiger partial charge in [-0.1, -0.05) is 13.8 Å². The van der Waals surface area contributed by atoms with Crippen molar-refractivity contribution >= 4 is 17.3 Å². The molecule has 0 spiro atoms. The van der Waals surface area contributed by atoms with Crippen LogP contribution in [-0.4, -0.2) is 18.6 Å². The summed E-state index contributed by atoms with van der Waals surface area (Å²) >= 11 is 0. The molecule has 4 nitrogen and oxygen atoms in total. The smallest absolute Gasteiger partial charge is 0.337 e. The van der Waals surface area contributed by atoms with Gasteiger partial charge in [0.25, 0.3) is 0 Å². The Morgan fingerprint density at radius 3 is 2.44 bits per heavy atom. The Kier molecular flexibility index (Phi) is 4.59. The van der Waals surface area contributed by atoms with E-state index in [2.05, 4.69) is 30.8 Å². The molecule has 3 N–H and O–H groups in total. The van der Waals surface area contributed by atoms with E-state index in [-0.39, 0.29) is 11.5 Å². The number of ether oxygens (including phenoxy) is 1. The molecule has 0 amide bonds. The van der Waals surface area contributed by atoms with E-state index < -0.39 is 0 Å². The monoisotopic (exact) mass is 250 g/mol. The number of benzene rings is 1. The SMILES string of the molecule is CCC(C)(CC)Nc1ccc(C(=O)OC)cc1N. The van der Waals surface area contributed by atoms with E-state index in [1.165, 1.54) is 7.11 Å². The summed E-state index contributed by atoms with van der Waals surface area (Å²) in [5.41, 5.74) is 7.86. The zero-order chi connectivity index (χ0) is 13.8. The van der Waals surface area contributed by atoms with Gasteiger partial charge in [0.2, 0.25) is 0 Å². The van der Waals surface area contributed by atoms with E-state index in [0.29, 0.717) is 11.3 Å². The van der Waals surface area contributed by atoms with Crippen molar-refractivity contribution in [3.8, 4) is 0 Å². The normalized spacial score (nSPS) is 11.1. The van der Waals surface area contributed by atoms with Crippen molar-refractivity contribution in [3.63, 3.8) is 0 Å². The van der Waals surface area contributed by atoms with Gasteiger partial charge in [0.05, 0.1) is 24.0 Å². The zero-order valence-corrected chi connectivity index (χ0v) is 11.5. The van der Waals surface area contributed by atoms with Crippen LogP contribution in [0.5, 0.6) is 0 Å². The summed E-state index contributed by atoms with van der Waals surface area (Å²) in [6.07, 6.45) is 2.00. The van der Waals surface area contributed by atoms with Crippen LogP contribution in [0.3, 0.4) is 0 Å². The maximum atomic E-state index is 11.4. The highest BCUT2D eigenvalue weighted by molar-refractivity contribution is 5.91. The van der Waals surface area contributed by atoms with Gasteiger partial charge in [0, 0.05) is 5.54 Å². The molecule has 1 rings (SSSR count). The van der Waals surface area contributed by atoms with Gasteiger partial charge in [-0.15, -0.1) is 0 Å². The molecule has 0 aliphatic rings. The number of esters is 1. The molecule has 0 fully saturated rings. The van der Waals surface area contributed by atoms with Crippen molar-refractivity contribution in [2.45, 2.75) is 39.2 Å². The van der Waals surface area contributed by atoms with Crippen LogP contribution in [0.25, 0.3) is 0 Å². The quantitative estimate of drug-likeness (QED) is 0.622. The first-order valence-corrected chi connectivity index (χ1v) is 6.21. The minimum Gasteiger partial charge on any atom is -0.465 e. The van der Waals surface area contributed by atoms with Crippen LogP contribution in [0, 0.1) is 0 Å². The molecule has 1 aromatic carbocycles. The highest BCUT2D eigenvalue weighted by Crippen LogP contribution is 2.27. The number of hydrogen-bond acceptors (Lipinski definition) is 4. The fourth-order valence-corrected chi connectivity index (χ4v) is 1.67. The summed E-state index contributed by atoms with van der Waals surface area (Å²) in [5, 5.41) is 3.43. The molecular weight excluding hydrogens is 228 g/mol. The Hall–Kier alpha value is -1.71. The van der Waals surface area contributed by atoms with Crippen LogP contribution < -0.4 is 11.1 Å². The van der Waals surface area contributed by atoms with Crippen LogP contribution in [0.1, 0.15) is 44.0 Å². The Morgan fingerprint density at radius 1 is 1.39 bits per heavy atom. The predicted octanol–water partition coefficient (Wildman–Crippen LogP) is 3.05. The lowest BCUT2D eigenvalue weighted by atomic mass is 9.95. The third kappa shape index (κ3) is 3.15. The molecule has 0 aliphatic heterocycles. The third-order valence-corrected chi connectivity index (χ3v) is 3.47. The van der Waals surface area contributed by atoms with Crippen molar-refractivity contribution in [3.05, 3.63) is 23.8 Å². The van der Waals surface area contributed by atoms with E-state index in [1.54, 1.807) is 12.1 Å². The van der Waals surface area contributed by atoms with Crippen molar-refractivity contribution in [1.29, 1.82) is 0 Å². The van der Waals surface area contributed by atoms with E-state index in [4.69, 9.17) is 5.73 Å². The highest BCUT2D eigenvalue weighted by atomic mass is 16.5. The fourth-order valence-electron chi connectivity index (χ4n) is 1.67. The number of nitrogen functional groups attached to an aromatic ring is 1. The van der Waals surface area contributed by atoms with Gasteiger partial charge >= 0.3 is 5.97 Å². The van der Waals surface area contributed by atoms with Gasteiger partial charge in [-0.3, -0.25) is 0 Å². The molecule has 0 bridgehead atoms. The van der Waals surface area contributed by atoms with Crippen molar-refractivity contribution in [1.82, 2.24) is 0 Å². The minimum absolute atomic E-state index is 0.0148. The molecule has 0 radical (unpaired) electrons. The van der Waals surface area contributed by atoms with Crippen molar-refractivity contribution in [2.24, 2.45) is 0 Å². The third-order valence-electron chi connectivity index (χ3n) is 3.47. The Bertz CT molecular complexity index is 426. The number of hydrogen-bond donors (Lipinski definition) is 2. The van der Waals surface area contributed by atoms with Gasteiger partial charge in [-0.25, -0.2) is 4.79 Å². The second kappa shape index (κ2) is 5.76. The molecular formula is C14H22N2O2. The topological polar surface area (TPSA) is 64.3 Å². The average Bonchev–Trinajstić information content (AvgIpc) is 2.40. The Labute approximate surface area is 109 Å². The second-order valence-electron chi connectivity index (χ2n) is 4.69. The van der Waals surface area contributed by atoms with Crippen LogP contribution >= 0.6 is 0 Å². The number of carbonyl (C=O) groups is 1. The maximum Gasteiger partial charge on any atom is 0.337 e. The first kappa shape index (κ1) is 14.4. The lowest BCUT2D eigenvalue weighted by molar-refractivity contribution is 0.0601. The van der Waals surface area contributed by atoms with Crippen LogP contribution in [0.15, 0.2) is 18.2 Å². The molecule has 0 aliphatic carbocycles. The molecule has 0 aromatic heterocycles. The summed E-state index contributed by atoms with van der Waals surface area (Å²) in [6.45, 7) is 6.42. The lowest BCUT2D eigenvalue weighted by Crippen LogP contribution is -2.33. The second-order valence-corrected chi connectivity index (χ2v) is 4.69. The summed E-state index contributed by atoms with van der Waals surface area (Å²) in [6, 6.07) is 5.18. The van der Waals surface area contributed by atoms with Gasteiger partial charge in [-0.05, 0) is 38.0 Å². The predicted molar refractivity (Wildman–Crippen MR) is 74.8 cm³/mol. The van der Waals surface area contributed by atoms with Gasteiger partial charge < -0.3 is 15.8 Å². The summed E-state index contributed by atoms with van der Waals surface area (Å²) < 4.78 is 4.66. The first-order valence-electron chi connectivity index (χ1n) is 6.21. The summed E-state index contributed by atoms with van der Waals surface area (Å²) in [4.78, 5) is 11.4. The van der Waals surface area contributed by atoms with Crippen LogP contribution in [0.2, 0.25) is 0 Å². The number of anilines is 2. The first-order chi connectivity index (χ1) is 8.45. The number of carbonyl (C=O) groups excluding carboxylic acids is 1. The van der Waals surface area contributed by atoms with Gasteiger partial charge in [-0.2, -0.15) is 0 Å². The summed E-state index contributed by atoms with van der Waals surface area (Å²) in [7, 11) is 1.36. The average molecular weight is 250 g/mol. The molecule has 4 heteroatoms. The standard InChI is InChI=1S/C14H22N2O2/c1-5-14(3,6-2)16-12-8-7-10(9-11(12)15)13(17)18-4/h7-9,16H,5-6,15H2,1-4H3. The molecule has 0 atom stereocenters. The molecule has 0 heterocycles. The summed E-state index contributed by atoms with van der Waals surface area (Å²) in [5.74, 6) is -0.373. The largest absolute Gasteiger partial charge is 0.465 e. The van der Waals surface area contributed by atoms with Gasteiger partial charge in [0.15, 0.2) is 0 Å². The van der Waals surface area contributed by atoms with E-state index in [0.717, 1.165) is 18.5 Å². The van der Waals surface area contributed by atoms with Gasteiger partial charge in [0.1, 0.15) is 0 Å². The Morgan fingerprint density at radius 2 is 2.00 bits per heavy atom. The zero-order valence-electron chi connectivity index (χ0n) is 11.5. The lowest BCUT2D eigenvalue weighted by Gasteiger charge is -2.30.